The normalized spacial score (nSPS) is 17.4. The minimum atomic E-state index is -1.24. The smallest absolute Gasteiger partial charge is 0.415 e. The van der Waals surface area contributed by atoms with Crippen LogP contribution in [0.2, 0.25) is 0 Å². The molecule has 1 aliphatic heterocycles. The van der Waals surface area contributed by atoms with Crippen molar-refractivity contribution in [1.82, 2.24) is 10.3 Å². The Morgan fingerprint density at radius 2 is 1.79 bits per heavy atom. The molecule has 3 aromatic rings. The van der Waals surface area contributed by atoms with E-state index in [1.165, 1.54) is 0 Å². The molecule has 33 heavy (non-hydrogen) atoms. The first-order valence-corrected chi connectivity index (χ1v) is 10.9. The van der Waals surface area contributed by atoms with Crippen LogP contribution in [0, 0.1) is 6.92 Å². The van der Waals surface area contributed by atoms with E-state index < -0.39 is 17.6 Å². The zero-order valence-electron chi connectivity index (χ0n) is 18.9. The van der Waals surface area contributed by atoms with E-state index in [0.717, 1.165) is 35.4 Å². The Hall–Kier alpha value is -3.87. The standard InChI is InChI=1S/C26H26N2O5/c1-4-6-21-22(13-14-23(27-21)32-19-11-9-17(2)10-12-19)31-20-8-5-7-18(15-20)16-26(3)24(29)28-25(30)33-26/h5,7-15H,4,6,16H2,1-3H3,(H,28,29,30). The lowest BCUT2D eigenvalue weighted by atomic mass is 9.96. The van der Waals surface area contributed by atoms with Gasteiger partial charge in [-0.15, -0.1) is 0 Å². The molecule has 1 atom stereocenters. The van der Waals surface area contributed by atoms with Gasteiger partial charge in [0.25, 0.3) is 5.91 Å². The van der Waals surface area contributed by atoms with Crippen LogP contribution in [0.3, 0.4) is 0 Å². The summed E-state index contributed by atoms with van der Waals surface area (Å²) in [5.74, 6) is 2.03. The number of hydrogen-bond acceptors (Lipinski definition) is 6. The number of benzene rings is 2. The van der Waals surface area contributed by atoms with Crippen LogP contribution in [0.1, 0.15) is 37.1 Å². The lowest BCUT2D eigenvalue weighted by Gasteiger charge is -2.19. The van der Waals surface area contributed by atoms with Gasteiger partial charge in [-0.1, -0.05) is 43.2 Å². The van der Waals surface area contributed by atoms with Gasteiger partial charge in [0, 0.05) is 12.5 Å². The summed E-state index contributed by atoms with van der Waals surface area (Å²) in [5.41, 5.74) is 1.53. The average molecular weight is 447 g/mol. The van der Waals surface area contributed by atoms with Crippen molar-refractivity contribution < 1.29 is 23.8 Å². The minimum Gasteiger partial charge on any atom is -0.455 e. The SMILES string of the molecule is CCCc1nc(Oc2ccc(C)cc2)ccc1Oc1cccc(CC2(C)OC(=O)NC2=O)c1. The Kier molecular flexibility index (Phi) is 6.31. The van der Waals surface area contributed by atoms with Gasteiger partial charge in [0.2, 0.25) is 5.88 Å². The van der Waals surface area contributed by atoms with Crippen LogP contribution in [0.4, 0.5) is 4.79 Å². The number of rotatable bonds is 8. The maximum absolute atomic E-state index is 12.1. The summed E-state index contributed by atoms with van der Waals surface area (Å²) in [6.45, 7) is 5.70. The predicted molar refractivity (Wildman–Crippen MR) is 123 cm³/mol. The van der Waals surface area contributed by atoms with Gasteiger partial charge in [-0.2, -0.15) is 0 Å². The molecule has 1 fully saturated rings. The molecular formula is C26H26N2O5. The molecule has 2 amide bonds. The van der Waals surface area contributed by atoms with Gasteiger partial charge in [0.1, 0.15) is 17.2 Å². The highest BCUT2D eigenvalue weighted by atomic mass is 16.6. The molecule has 7 heteroatoms. The maximum atomic E-state index is 12.1. The van der Waals surface area contributed by atoms with Crippen molar-refractivity contribution in [3.05, 3.63) is 77.5 Å². The molecule has 0 bridgehead atoms. The summed E-state index contributed by atoms with van der Waals surface area (Å²) in [6, 6.07) is 18.8. The highest BCUT2D eigenvalue weighted by Gasteiger charge is 2.44. The Morgan fingerprint density at radius 3 is 2.48 bits per heavy atom. The predicted octanol–water partition coefficient (Wildman–Crippen LogP) is 5.49. The van der Waals surface area contributed by atoms with Crippen LogP contribution in [0.25, 0.3) is 0 Å². The number of carbonyl (C=O) groups is 2. The number of carbonyl (C=O) groups excluding carboxylic acids is 2. The molecule has 7 nitrogen and oxygen atoms in total. The van der Waals surface area contributed by atoms with Gasteiger partial charge in [-0.05, 0) is 56.2 Å². The van der Waals surface area contributed by atoms with E-state index in [2.05, 4.69) is 17.2 Å². The topological polar surface area (TPSA) is 86.8 Å². The van der Waals surface area contributed by atoms with Crippen LogP contribution in [-0.4, -0.2) is 22.6 Å². The Labute approximate surface area is 192 Å². The van der Waals surface area contributed by atoms with Gasteiger partial charge >= 0.3 is 6.09 Å². The lowest BCUT2D eigenvalue weighted by molar-refractivity contribution is -0.129. The third-order valence-corrected chi connectivity index (χ3v) is 5.32. The number of amides is 2. The minimum absolute atomic E-state index is 0.241. The lowest BCUT2D eigenvalue weighted by Crippen LogP contribution is -2.38. The number of alkyl carbamates (subject to hydrolysis) is 1. The second-order valence-corrected chi connectivity index (χ2v) is 8.26. The van der Waals surface area contributed by atoms with E-state index in [9.17, 15) is 9.59 Å². The van der Waals surface area contributed by atoms with E-state index in [-0.39, 0.29) is 6.42 Å². The molecule has 170 valence electrons. The molecule has 0 spiro atoms. The fraction of sp³-hybridized carbons (Fsp3) is 0.269. The van der Waals surface area contributed by atoms with Crippen molar-refractivity contribution in [2.45, 2.75) is 45.6 Å². The molecule has 0 aliphatic carbocycles. The third kappa shape index (κ3) is 5.31. The number of nitrogens with one attached hydrogen (secondary N) is 1. The van der Waals surface area contributed by atoms with Crippen LogP contribution >= 0.6 is 0 Å². The van der Waals surface area contributed by atoms with Gasteiger partial charge in [0.05, 0.1) is 5.69 Å². The van der Waals surface area contributed by atoms with Crippen LogP contribution in [0.15, 0.2) is 60.7 Å². The molecule has 1 saturated heterocycles. The average Bonchev–Trinajstić information content (AvgIpc) is 3.03. The van der Waals surface area contributed by atoms with E-state index in [4.69, 9.17) is 14.2 Å². The summed E-state index contributed by atoms with van der Waals surface area (Å²) in [7, 11) is 0. The number of pyridine rings is 1. The van der Waals surface area contributed by atoms with Crippen LogP contribution in [-0.2, 0) is 22.4 Å². The molecular weight excluding hydrogens is 420 g/mol. The molecule has 4 rings (SSSR count). The second kappa shape index (κ2) is 9.32. The van der Waals surface area contributed by atoms with Crippen LogP contribution in [0.5, 0.6) is 23.1 Å². The van der Waals surface area contributed by atoms with Crippen molar-refractivity contribution in [2.24, 2.45) is 0 Å². The number of nitrogens with zero attached hydrogens (tertiary/aromatic N) is 1. The van der Waals surface area contributed by atoms with Gasteiger partial charge in [-0.3, -0.25) is 10.1 Å². The molecule has 0 saturated carbocycles. The first-order chi connectivity index (χ1) is 15.8. The molecule has 1 unspecified atom stereocenters. The number of aryl methyl sites for hydroxylation is 2. The molecule has 0 radical (unpaired) electrons. The molecule has 1 aromatic heterocycles. The molecule has 2 heterocycles. The quantitative estimate of drug-likeness (QED) is 0.492. The van der Waals surface area contributed by atoms with E-state index >= 15 is 0 Å². The zero-order valence-corrected chi connectivity index (χ0v) is 18.9. The van der Waals surface area contributed by atoms with Crippen molar-refractivity contribution in [1.29, 1.82) is 0 Å². The van der Waals surface area contributed by atoms with Crippen molar-refractivity contribution >= 4 is 12.0 Å². The van der Waals surface area contributed by atoms with E-state index in [1.54, 1.807) is 13.0 Å². The molecule has 1 N–H and O–H groups in total. The van der Waals surface area contributed by atoms with Crippen molar-refractivity contribution in [3.63, 3.8) is 0 Å². The van der Waals surface area contributed by atoms with Crippen molar-refractivity contribution in [3.8, 4) is 23.1 Å². The zero-order chi connectivity index (χ0) is 23.4. The summed E-state index contributed by atoms with van der Waals surface area (Å²) >= 11 is 0. The van der Waals surface area contributed by atoms with E-state index in [0.29, 0.717) is 17.4 Å². The first kappa shape index (κ1) is 22.3. The fourth-order valence-electron chi connectivity index (χ4n) is 3.61. The number of ether oxygens (including phenoxy) is 3. The highest BCUT2D eigenvalue weighted by molar-refractivity contribution is 6.02. The Morgan fingerprint density at radius 1 is 1.00 bits per heavy atom. The number of aromatic nitrogens is 1. The summed E-state index contributed by atoms with van der Waals surface area (Å²) < 4.78 is 17.2. The number of hydrogen-bond donors (Lipinski definition) is 1. The van der Waals surface area contributed by atoms with Crippen LogP contribution < -0.4 is 14.8 Å². The molecule has 1 aliphatic rings. The maximum Gasteiger partial charge on any atom is 0.415 e. The third-order valence-electron chi connectivity index (χ3n) is 5.32. The Bertz CT molecular complexity index is 1180. The van der Waals surface area contributed by atoms with Gasteiger partial charge in [-0.25, -0.2) is 9.78 Å². The number of cyclic esters (lactones) is 1. The summed E-state index contributed by atoms with van der Waals surface area (Å²) in [4.78, 5) is 28.2. The summed E-state index contributed by atoms with van der Waals surface area (Å²) in [5, 5.41) is 2.18. The second-order valence-electron chi connectivity index (χ2n) is 8.26. The van der Waals surface area contributed by atoms with E-state index in [1.807, 2.05) is 61.5 Å². The number of imide groups is 1. The monoisotopic (exact) mass is 446 g/mol. The fourth-order valence-corrected chi connectivity index (χ4v) is 3.61. The van der Waals surface area contributed by atoms with Gasteiger partial charge < -0.3 is 14.2 Å². The summed E-state index contributed by atoms with van der Waals surface area (Å²) in [6.07, 6.45) is 1.15. The van der Waals surface area contributed by atoms with Gasteiger partial charge in [0.15, 0.2) is 5.60 Å². The van der Waals surface area contributed by atoms with Crippen molar-refractivity contribution in [2.75, 3.05) is 0 Å². The molecule has 2 aromatic carbocycles. The highest BCUT2D eigenvalue weighted by Crippen LogP contribution is 2.31. The first-order valence-electron chi connectivity index (χ1n) is 10.9. The Balaban J connectivity index is 1.52. The largest absolute Gasteiger partial charge is 0.455 e.